The molecule has 0 radical (unpaired) electrons. The molecule has 0 saturated carbocycles. The standard InChI is InChI=1S/C11H20O6/c1-4-11(2,3)9-7(14)5(12)6(13)8(17-9)10(15)16/h5-9,12-14H,4H2,1-3H3,(H,15,16)/t5-,6-,7+,8-,9+/m0/s1. The van der Waals surface area contributed by atoms with Crippen molar-refractivity contribution in [1.82, 2.24) is 0 Å². The van der Waals surface area contributed by atoms with Crippen LogP contribution in [0.3, 0.4) is 0 Å². The minimum atomic E-state index is -1.62. The molecule has 0 bridgehead atoms. The summed E-state index contributed by atoms with van der Waals surface area (Å²) in [7, 11) is 0. The molecule has 6 nitrogen and oxygen atoms in total. The van der Waals surface area contributed by atoms with Crippen molar-refractivity contribution in [1.29, 1.82) is 0 Å². The van der Waals surface area contributed by atoms with Crippen LogP contribution in [0.2, 0.25) is 0 Å². The minimum absolute atomic E-state index is 0.492. The van der Waals surface area contributed by atoms with Gasteiger partial charge in [0.25, 0.3) is 0 Å². The maximum absolute atomic E-state index is 10.9. The van der Waals surface area contributed by atoms with E-state index in [1.807, 2.05) is 20.8 Å². The van der Waals surface area contributed by atoms with Gasteiger partial charge in [0, 0.05) is 0 Å². The summed E-state index contributed by atoms with van der Waals surface area (Å²) in [6.45, 7) is 5.50. The fourth-order valence-electron chi connectivity index (χ4n) is 1.93. The summed E-state index contributed by atoms with van der Waals surface area (Å²) < 4.78 is 5.24. The molecular weight excluding hydrogens is 228 g/mol. The third-order valence-electron chi connectivity index (χ3n) is 3.54. The first-order valence-electron chi connectivity index (χ1n) is 5.65. The normalized spacial score (nSPS) is 39.1. The van der Waals surface area contributed by atoms with Gasteiger partial charge in [0.15, 0.2) is 6.10 Å². The molecule has 1 rings (SSSR count). The topological polar surface area (TPSA) is 107 Å². The number of hydrogen-bond acceptors (Lipinski definition) is 5. The molecule has 1 aliphatic heterocycles. The Morgan fingerprint density at radius 2 is 1.71 bits per heavy atom. The van der Waals surface area contributed by atoms with Gasteiger partial charge < -0.3 is 25.2 Å². The van der Waals surface area contributed by atoms with Crippen LogP contribution in [0.15, 0.2) is 0 Å². The van der Waals surface area contributed by atoms with Crippen LogP contribution in [-0.4, -0.2) is 56.9 Å². The van der Waals surface area contributed by atoms with Gasteiger partial charge in [-0.15, -0.1) is 0 Å². The van der Waals surface area contributed by atoms with Crippen molar-refractivity contribution < 1.29 is 30.0 Å². The van der Waals surface area contributed by atoms with Crippen LogP contribution in [-0.2, 0) is 9.53 Å². The van der Waals surface area contributed by atoms with E-state index in [-0.39, 0.29) is 0 Å². The third kappa shape index (κ3) is 2.60. The van der Waals surface area contributed by atoms with Crippen LogP contribution >= 0.6 is 0 Å². The number of aliphatic hydroxyl groups is 3. The molecule has 6 heteroatoms. The van der Waals surface area contributed by atoms with Gasteiger partial charge in [-0.2, -0.15) is 0 Å². The number of carboxylic acid groups (broad SMARTS) is 1. The fourth-order valence-corrected chi connectivity index (χ4v) is 1.93. The van der Waals surface area contributed by atoms with E-state index in [4.69, 9.17) is 9.84 Å². The average Bonchev–Trinajstić information content (AvgIpc) is 2.25. The minimum Gasteiger partial charge on any atom is -0.479 e. The van der Waals surface area contributed by atoms with Crippen molar-refractivity contribution in [3.8, 4) is 0 Å². The van der Waals surface area contributed by atoms with Crippen molar-refractivity contribution in [3.63, 3.8) is 0 Å². The molecule has 4 N–H and O–H groups in total. The lowest BCUT2D eigenvalue weighted by atomic mass is 9.77. The average molecular weight is 248 g/mol. The second-order valence-electron chi connectivity index (χ2n) is 5.13. The van der Waals surface area contributed by atoms with Gasteiger partial charge in [-0.05, 0) is 11.8 Å². The highest BCUT2D eigenvalue weighted by Crippen LogP contribution is 2.35. The van der Waals surface area contributed by atoms with Gasteiger partial charge in [-0.25, -0.2) is 4.79 Å². The Bertz CT molecular complexity index is 290. The molecule has 1 aliphatic rings. The van der Waals surface area contributed by atoms with Gasteiger partial charge >= 0.3 is 5.97 Å². The van der Waals surface area contributed by atoms with E-state index in [1.54, 1.807) is 0 Å². The summed E-state index contributed by atoms with van der Waals surface area (Å²) in [5.41, 5.74) is -0.492. The highest BCUT2D eigenvalue weighted by atomic mass is 16.6. The van der Waals surface area contributed by atoms with Gasteiger partial charge in [-0.1, -0.05) is 20.8 Å². The molecule has 0 aromatic heterocycles. The van der Waals surface area contributed by atoms with Crippen LogP contribution in [0, 0.1) is 5.41 Å². The molecule has 0 aromatic rings. The molecule has 17 heavy (non-hydrogen) atoms. The molecule has 0 unspecified atom stereocenters. The molecule has 0 aliphatic carbocycles. The highest BCUT2D eigenvalue weighted by molar-refractivity contribution is 5.73. The number of aliphatic hydroxyl groups excluding tert-OH is 3. The zero-order chi connectivity index (χ0) is 13.4. The van der Waals surface area contributed by atoms with Crippen LogP contribution in [0.5, 0.6) is 0 Å². The zero-order valence-corrected chi connectivity index (χ0v) is 10.2. The van der Waals surface area contributed by atoms with Gasteiger partial charge in [0.05, 0.1) is 6.10 Å². The Kier molecular flexibility index (Phi) is 4.14. The molecule has 0 aromatic carbocycles. The lowest BCUT2D eigenvalue weighted by Crippen LogP contribution is -2.62. The summed E-state index contributed by atoms with van der Waals surface area (Å²) in [6, 6.07) is 0. The Hall–Kier alpha value is -0.690. The predicted octanol–water partition coefficient (Wildman–Crippen LogP) is -0.643. The van der Waals surface area contributed by atoms with E-state index in [2.05, 4.69) is 0 Å². The number of aliphatic carboxylic acids is 1. The molecule has 1 heterocycles. The SMILES string of the molecule is CCC(C)(C)[C@@H]1O[C@H](C(=O)O)[C@@H](O)[C@H](O)[C@H]1O. The third-order valence-corrected chi connectivity index (χ3v) is 3.54. The Labute approximate surface area is 99.8 Å². The first kappa shape index (κ1) is 14.4. The van der Waals surface area contributed by atoms with Crippen LogP contribution in [0.1, 0.15) is 27.2 Å². The van der Waals surface area contributed by atoms with Crippen molar-refractivity contribution in [3.05, 3.63) is 0 Å². The smallest absolute Gasteiger partial charge is 0.335 e. The van der Waals surface area contributed by atoms with Crippen LogP contribution in [0.25, 0.3) is 0 Å². The summed E-state index contributed by atoms with van der Waals surface area (Å²) in [5, 5.41) is 37.9. The molecule has 5 atom stereocenters. The number of rotatable bonds is 3. The Morgan fingerprint density at radius 3 is 2.12 bits per heavy atom. The quantitative estimate of drug-likeness (QED) is 0.529. The van der Waals surface area contributed by atoms with Crippen LogP contribution in [0.4, 0.5) is 0 Å². The predicted molar refractivity (Wildman–Crippen MR) is 58.4 cm³/mol. The van der Waals surface area contributed by atoms with E-state index >= 15 is 0 Å². The Morgan fingerprint density at radius 1 is 1.18 bits per heavy atom. The number of carboxylic acids is 1. The number of carbonyl (C=O) groups is 1. The second-order valence-corrected chi connectivity index (χ2v) is 5.13. The lowest BCUT2D eigenvalue weighted by molar-refractivity contribution is -0.248. The van der Waals surface area contributed by atoms with Crippen molar-refractivity contribution in [2.45, 2.75) is 57.7 Å². The molecule has 100 valence electrons. The van der Waals surface area contributed by atoms with E-state index < -0.39 is 41.9 Å². The van der Waals surface area contributed by atoms with Gasteiger partial charge in [0.2, 0.25) is 0 Å². The highest BCUT2D eigenvalue weighted by Gasteiger charge is 2.50. The first-order valence-corrected chi connectivity index (χ1v) is 5.65. The van der Waals surface area contributed by atoms with E-state index in [9.17, 15) is 20.1 Å². The second kappa shape index (κ2) is 4.89. The number of ether oxygens (including phenoxy) is 1. The maximum atomic E-state index is 10.9. The Balaban J connectivity index is 2.97. The first-order chi connectivity index (χ1) is 7.72. The lowest BCUT2D eigenvalue weighted by Gasteiger charge is -2.45. The summed E-state index contributed by atoms with van der Waals surface area (Å²) in [6.07, 6.45) is -6.12. The van der Waals surface area contributed by atoms with Gasteiger partial charge in [0.1, 0.15) is 18.3 Å². The zero-order valence-electron chi connectivity index (χ0n) is 10.2. The molecule has 0 amide bonds. The van der Waals surface area contributed by atoms with Crippen LogP contribution < -0.4 is 0 Å². The summed E-state index contributed by atoms with van der Waals surface area (Å²) >= 11 is 0. The monoisotopic (exact) mass is 248 g/mol. The maximum Gasteiger partial charge on any atom is 0.335 e. The molecule has 1 fully saturated rings. The molecule has 1 saturated heterocycles. The van der Waals surface area contributed by atoms with E-state index in [1.165, 1.54) is 0 Å². The van der Waals surface area contributed by atoms with E-state index in [0.29, 0.717) is 6.42 Å². The van der Waals surface area contributed by atoms with Crippen molar-refractivity contribution >= 4 is 5.97 Å². The van der Waals surface area contributed by atoms with Crippen molar-refractivity contribution in [2.75, 3.05) is 0 Å². The summed E-state index contributed by atoms with van der Waals surface area (Å²) in [4.78, 5) is 10.9. The fraction of sp³-hybridized carbons (Fsp3) is 0.909. The molecular formula is C11H20O6. The van der Waals surface area contributed by atoms with E-state index in [0.717, 1.165) is 0 Å². The summed E-state index contributed by atoms with van der Waals surface area (Å²) in [5.74, 6) is -1.35. The largest absolute Gasteiger partial charge is 0.479 e. The van der Waals surface area contributed by atoms with Gasteiger partial charge in [-0.3, -0.25) is 0 Å². The van der Waals surface area contributed by atoms with Crippen molar-refractivity contribution in [2.24, 2.45) is 5.41 Å². The number of hydrogen-bond donors (Lipinski definition) is 4. The molecule has 0 spiro atoms.